The third-order valence-corrected chi connectivity index (χ3v) is 3.68. The molecule has 2 rings (SSSR count). The molecule has 1 aromatic rings. The molecule has 0 aliphatic carbocycles. The number of phenols is 1. The number of aliphatic imine (C=N–C) groups is 1. The minimum Gasteiger partial charge on any atom is -0.506 e. The van der Waals surface area contributed by atoms with E-state index < -0.39 is 0 Å². The predicted molar refractivity (Wildman–Crippen MR) is 81.0 cm³/mol. The SMILES string of the molecule is O=C1CCCN1CCCN=Cc1cc(Cl)cc(Cl)c1O. The van der Waals surface area contributed by atoms with Crippen LogP contribution in [0, 0.1) is 0 Å². The second-order valence-corrected chi connectivity index (χ2v) is 5.54. The fourth-order valence-electron chi connectivity index (χ4n) is 2.14. The highest BCUT2D eigenvalue weighted by Crippen LogP contribution is 2.29. The first-order valence-electron chi connectivity index (χ1n) is 6.53. The molecule has 1 saturated heterocycles. The van der Waals surface area contributed by atoms with Crippen LogP contribution in [0.1, 0.15) is 24.8 Å². The van der Waals surface area contributed by atoms with E-state index in [9.17, 15) is 9.90 Å². The summed E-state index contributed by atoms with van der Waals surface area (Å²) in [6.07, 6.45) is 3.98. The van der Waals surface area contributed by atoms with Gasteiger partial charge in [-0.25, -0.2) is 0 Å². The lowest BCUT2D eigenvalue weighted by atomic mass is 10.2. The number of carbonyl (C=O) groups excluding carboxylic acids is 1. The normalized spacial score (nSPS) is 15.5. The second kappa shape index (κ2) is 6.95. The Morgan fingerprint density at radius 3 is 2.90 bits per heavy atom. The van der Waals surface area contributed by atoms with Crippen molar-refractivity contribution in [1.82, 2.24) is 4.90 Å². The fraction of sp³-hybridized carbons (Fsp3) is 0.429. The number of nitrogens with zero attached hydrogens (tertiary/aromatic N) is 2. The molecule has 1 aliphatic rings. The summed E-state index contributed by atoms with van der Waals surface area (Å²) in [5, 5.41) is 10.4. The quantitative estimate of drug-likeness (QED) is 0.670. The van der Waals surface area contributed by atoms with Crippen molar-refractivity contribution in [1.29, 1.82) is 0 Å². The van der Waals surface area contributed by atoms with E-state index in [1.54, 1.807) is 12.3 Å². The van der Waals surface area contributed by atoms with Crippen LogP contribution >= 0.6 is 23.2 Å². The maximum Gasteiger partial charge on any atom is 0.222 e. The summed E-state index contributed by atoms with van der Waals surface area (Å²) in [7, 11) is 0. The van der Waals surface area contributed by atoms with Gasteiger partial charge in [0.25, 0.3) is 0 Å². The number of phenolic OH excluding ortho intramolecular Hbond substituents is 1. The Balaban J connectivity index is 1.83. The lowest BCUT2D eigenvalue weighted by Crippen LogP contribution is -2.26. The van der Waals surface area contributed by atoms with E-state index in [2.05, 4.69) is 4.99 Å². The molecule has 0 saturated carbocycles. The maximum atomic E-state index is 11.4. The monoisotopic (exact) mass is 314 g/mol. The zero-order chi connectivity index (χ0) is 14.5. The Morgan fingerprint density at radius 2 is 2.20 bits per heavy atom. The van der Waals surface area contributed by atoms with Crippen molar-refractivity contribution in [2.24, 2.45) is 4.99 Å². The summed E-state index contributed by atoms with van der Waals surface area (Å²) >= 11 is 11.7. The van der Waals surface area contributed by atoms with Crippen LogP contribution in [0.4, 0.5) is 0 Å². The number of hydrogen-bond acceptors (Lipinski definition) is 3. The smallest absolute Gasteiger partial charge is 0.222 e. The number of likely N-dealkylation sites (tertiary alicyclic amines) is 1. The van der Waals surface area contributed by atoms with Crippen molar-refractivity contribution in [2.75, 3.05) is 19.6 Å². The number of benzene rings is 1. The highest BCUT2D eigenvalue weighted by Gasteiger charge is 2.18. The Hall–Kier alpha value is -1.26. The van der Waals surface area contributed by atoms with E-state index in [0.717, 1.165) is 25.9 Å². The molecule has 0 unspecified atom stereocenters. The van der Waals surface area contributed by atoms with Gasteiger partial charge in [-0.05, 0) is 25.0 Å². The van der Waals surface area contributed by atoms with Crippen molar-refractivity contribution in [3.05, 3.63) is 27.7 Å². The van der Waals surface area contributed by atoms with Crippen molar-refractivity contribution in [2.45, 2.75) is 19.3 Å². The van der Waals surface area contributed by atoms with Gasteiger partial charge in [-0.2, -0.15) is 0 Å². The number of amides is 1. The molecule has 1 amide bonds. The molecule has 108 valence electrons. The summed E-state index contributed by atoms with van der Waals surface area (Å²) in [6, 6.07) is 3.09. The first-order valence-corrected chi connectivity index (χ1v) is 7.29. The van der Waals surface area contributed by atoms with Gasteiger partial charge in [-0.3, -0.25) is 9.79 Å². The molecular formula is C14H16Cl2N2O2. The molecule has 1 aromatic carbocycles. The van der Waals surface area contributed by atoms with E-state index in [-0.39, 0.29) is 16.7 Å². The van der Waals surface area contributed by atoms with E-state index in [4.69, 9.17) is 23.2 Å². The molecule has 1 N–H and O–H groups in total. The minimum absolute atomic E-state index is 0.0189. The molecule has 1 aliphatic heterocycles. The first-order chi connectivity index (χ1) is 9.58. The van der Waals surface area contributed by atoms with Gasteiger partial charge in [0, 0.05) is 42.9 Å². The van der Waals surface area contributed by atoms with Gasteiger partial charge in [-0.15, -0.1) is 0 Å². The van der Waals surface area contributed by atoms with Crippen LogP contribution in [0.5, 0.6) is 5.75 Å². The zero-order valence-corrected chi connectivity index (χ0v) is 12.5. The summed E-state index contributed by atoms with van der Waals surface area (Å²) in [5.74, 6) is 0.211. The molecular weight excluding hydrogens is 299 g/mol. The van der Waals surface area contributed by atoms with Gasteiger partial charge in [0.05, 0.1) is 5.02 Å². The Morgan fingerprint density at radius 1 is 1.40 bits per heavy atom. The molecule has 1 fully saturated rings. The third kappa shape index (κ3) is 3.87. The molecule has 20 heavy (non-hydrogen) atoms. The van der Waals surface area contributed by atoms with E-state index in [1.165, 1.54) is 6.07 Å². The van der Waals surface area contributed by atoms with Crippen LogP contribution in [-0.2, 0) is 4.79 Å². The molecule has 1 heterocycles. The van der Waals surface area contributed by atoms with E-state index in [1.807, 2.05) is 4.90 Å². The van der Waals surface area contributed by atoms with Crippen molar-refractivity contribution in [3.8, 4) is 5.75 Å². The predicted octanol–water partition coefficient (Wildman–Crippen LogP) is 3.13. The Kier molecular flexibility index (Phi) is 5.26. The molecule has 0 radical (unpaired) electrons. The van der Waals surface area contributed by atoms with Gasteiger partial charge in [0.2, 0.25) is 5.91 Å². The van der Waals surface area contributed by atoms with Crippen LogP contribution < -0.4 is 0 Å². The summed E-state index contributed by atoms with van der Waals surface area (Å²) in [6.45, 7) is 2.18. The van der Waals surface area contributed by atoms with Crippen LogP contribution in [0.15, 0.2) is 17.1 Å². The zero-order valence-electron chi connectivity index (χ0n) is 11.0. The molecule has 4 nitrogen and oxygen atoms in total. The van der Waals surface area contributed by atoms with Gasteiger partial charge in [0.15, 0.2) is 0 Å². The lowest BCUT2D eigenvalue weighted by Gasteiger charge is -2.13. The van der Waals surface area contributed by atoms with Gasteiger partial charge < -0.3 is 10.0 Å². The van der Waals surface area contributed by atoms with Crippen molar-refractivity contribution in [3.63, 3.8) is 0 Å². The number of rotatable bonds is 5. The highest BCUT2D eigenvalue weighted by molar-refractivity contribution is 6.36. The number of carbonyl (C=O) groups is 1. The average molecular weight is 315 g/mol. The standard InChI is InChI=1S/C14H16Cl2N2O2/c15-11-7-10(14(20)12(16)8-11)9-17-4-2-6-18-5-1-3-13(18)19/h7-9,20H,1-6H2. The average Bonchev–Trinajstić information content (AvgIpc) is 2.80. The van der Waals surface area contributed by atoms with Crippen LogP contribution in [-0.4, -0.2) is 41.8 Å². The van der Waals surface area contributed by atoms with Crippen molar-refractivity contribution >= 4 is 35.3 Å². The second-order valence-electron chi connectivity index (χ2n) is 4.70. The summed E-state index contributed by atoms with van der Waals surface area (Å²) in [4.78, 5) is 17.5. The summed E-state index contributed by atoms with van der Waals surface area (Å²) < 4.78 is 0. The molecule has 0 aromatic heterocycles. The number of halogens is 2. The summed E-state index contributed by atoms with van der Waals surface area (Å²) in [5.41, 5.74) is 0.500. The van der Waals surface area contributed by atoms with E-state index >= 15 is 0 Å². The first kappa shape index (κ1) is 15.1. The Labute approximate surface area is 128 Å². The van der Waals surface area contributed by atoms with Gasteiger partial charge in [0.1, 0.15) is 5.75 Å². The van der Waals surface area contributed by atoms with Crippen LogP contribution in [0.3, 0.4) is 0 Å². The van der Waals surface area contributed by atoms with E-state index in [0.29, 0.717) is 23.6 Å². The van der Waals surface area contributed by atoms with Crippen LogP contribution in [0.25, 0.3) is 0 Å². The topological polar surface area (TPSA) is 52.9 Å². The molecule has 0 atom stereocenters. The van der Waals surface area contributed by atoms with Crippen molar-refractivity contribution < 1.29 is 9.90 Å². The maximum absolute atomic E-state index is 11.4. The molecule has 0 spiro atoms. The highest BCUT2D eigenvalue weighted by atomic mass is 35.5. The largest absolute Gasteiger partial charge is 0.506 e. The number of aromatic hydroxyl groups is 1. The lowest BCUT2D eigenvalue weighted by molar-refractivity contribution is -0.127. The Bertz CT molecular complexity index is 532. The number of hydrogen-bond donors (Lipinski definition) is 1. The van der Waals surface area contributed by atoms with Gasteiger partial charge in [-0.1, -0.05) is 23.2 Å². The van der Waals surface area contributed by atoms with Crippen LogP contribution in [0.2, 0.25) is 10.0 Å². The third-order valence-electron chi connectivity index (χ3n) is 3.17. The fourth-order valence-corrected chi connectivity index (χ4v) is 2.65. The molecule has 6 heteroatoms. The minimum atomic E-state index is -0.0189. The molecule has 0 bridgehead atoms. The van der Waals surface area contributed by atoms with Gasteiger partial charge >= 0.3 is 0 Å².